The molecule has 0 aliphatic rings. The van der Waals surface area contributed by atoms with E-state index in [0.29, 0.717) is 0 Å². The summed E-state index contributed by atoms with van der Waals surface area (Å²) in [6.07, 6.45) is 0. The number of amides is 3. The van der Waals surface area contributed by atoms with E-state index in [1.165, 1.54) is 0 Å². The molecule has 0 saturated heterocycles. The van der Waals surface area contributed by atoms with Crippen molar-refractivity contribution >= 4 is 17.9 Å². The molecule has 0 heterocycles. The fourth-order valence-electron chi connectivity index (χ4n) is 0.710. The van der Waals surface area contributed by atoms with Crippen LogP contribution < -0.4 is 16.0 Å². The van der Waals surface area contributed by atoms with Crippen LogP contribution in [0.4, 0.5) is 4.79 Å². The molecule has 4 N–H and O–H groups in total. The Bertz CT molecular complexity index is 252. The van der Waals surface area contributed by atoms with Gasteiger partial charge >= 0.3 is 12.0 Å². The Morgan fingerprint density at radius 2 is 1.73 bits per heavy atom. The molecule has 0 spiro atoms. The topological polar surface area (TPSA) is 108 Å². The molecule has 0 aromatic heterocycles. The molecule has 0 bridgehead atoms. The van der Waals surface area contributed by atoms with Crippen molar-refractivity contribution in [2.24, 2.45) is 0 Å². The molecule has 0 aromatic rings. The third-order valence-corrected chi connectivity index (χ3v) is 1.27. The van der Waals surface area contributed by atoms with Gasteiger partial charge in [0.2, 0.25) is 5.91 Å². The Kier molecular flexibility index (Phi) is 5.84. The number of carbonyl (C=O) groups excluding carboxylic acids is 2. The number of hydrogen-bond acceptors (Lipinski definition) is 3. The van der Waals surface area contributed by atoms with E-state index >= 15 is 0 Å². The van der Waals surface area contributed by atoms with Crippen LogP contribution in [0.1, 0.15) is 13.8 Å². The summed E-state index contributed by atoms with van der Waals surface area (Å²) in [5.41, 5.74) is 0. The Balaban J connectivity index is 3.62. The number of urea groups is 1. The van der Waals surface area contributed by atoms with Crippen molar-refractivity contribution < 1.29 is 19.5 Å². The second-order valence-electron chi connectivity index (χ2n) is 3.15. The van der Waals surface area contributed by atoms with Crippen molar-refractivity contribution in [2.45, 2.75) is 19.9 Å². The Hall–Kier alpha value is -1.79. The SMILES string of the molecule is CC(C)NC(=O)NCC(=O)NCC(=O)O. The second kappa shape index (κ2) is 6.63. The molecule has 0 rings (SSSR count). The average molecular weight is 217 g/mol. The van der Waals surface area contributed by atoms with Gasteiger partial charge in [-0.15, -0.1) is 0 Å². The lowest BCUT2D eigenvalue weighted by atomic mass is 10.4. The molecule has 86 valence electrons. The summed E-state index contributed by atoms with van der Waals surface area (Å²) < 4.78 is 0. The van der Waals surface area contributed by atoms with Gasteiger partial charge in [-0.1, -0.05) is 0 Å². The first-order chi connectivity index (χ1) is 6.91. The first-order valence-corrected chi connectivity index (χ1v) is 4.44. The highest BCUT2D eigenvalue weighted by Crippen LogP contribution is 1.75. The quantitative estimate of drug-likeness (QED) is 0.468. The smallest absolute Gasteiger partial charge is 0.322 e. The summed E-state index contributed by atoms with van der Waals surface area (Å²) >= 11 is 0. The molecule has 3 amide bonds. The van der Waals surface area contributed by atoms with Crippen LogP contribution in [0.5, 0.6) is 0 Å². The first-order valence-electron chi connectivity index (χ1n) is 4.44. The predicted octanol–water partition coefficient (Wildman–Crippen LogP) is -1.11. The molecular formula is C8H15N3O4. The molecule has 0 aliphatic carbocycles. The van der Waals surface area contributed by atoms with Gasteiger partial charge in [-0.2, -0.15) is 0 Å². The van der Waals surface area contributed by atoms with Crippen LogP contribution in [0.2, 0.25) is 0 Å². The molecule has 7 heteroatoms. The van der Waals surface area contributed by atoms with E-state index in [9.17, 15) is 14.4 Å². The summed E-state index contributed by atoms with van der Waals surface area (Å²) in [7, 11) is 0. The maximum Gasteiger partial charge on any atom is 0.322 e. The van der Waals surface area contributed by atoms with Gasteiger partial charge in [0.15, 0.2) is 0 Å². The minimum atomic E-state index is -1.13. The maximum absolute atomic E-state index is 11.0. The lowest BCUT2D eigenvalue weighted by Crippen LogP contribution is -2.44. The van der Waals surface area contributed by atoms with Crippen molar-refractivity contribution in [3.05, 3.63) is 0 Å². The van der Waals surface area contributed by atoms with E-state index in [4.69, 9.17) is 5.11 Å². The third-order valence-electron chi connectivity index (χ3n) is 1.27. The highest BCUT2D eigenvalue weighted by molar-refractivity contribution is 5.86. The number of carboxylic acid groups (broad SMARTS) is 1. The van der Waals surface area contributed by atoms with Crippen LogP contribution in [0.15, 0.2) is 0 Å². The van der Waals surface area contributed by atoms with Crippen LogP contribution in [0.25, 0.3) is 0 Å². The van der Waals surface area contributed by atoms with Gasteiger partial charge in [0.1, 0.15) is 6.54 Å². The lowest BCUT2D eigenvalue weighted by Gasteiger charge is -2.09. The zero-order valence-corrected chi connectivity index (χ0v) is 8.66. The predicted molar refractivity (Wildman–Crippen MR) is 52.3 cm³/mol. The highest BCUT2D eigenvalue weighted by atomic mass is 16.4. The highest BCUT2D eigenvalue weighted by Gasteiger charge is 2.06. The van der Waals surface area contributed by atoms with Crippen molar-refractivity contribution in [3.8, 4) is 0 Å². The Morgan fingerprint density at radius 3 is 2.20 bits per heavy atom. The van der Waals surface area contributed by atoms with Gasteiger partial charge in [0, 0.05) is 6.04 Å². The van der Waals surface area contributed by atoms with Crippen LogP contribution in [-0.2, 0) is 9.59 Å². The van der Waals surface area contributed by atoms with Gasteiger partial charge in [-0.05, 0) is 13.8 Å². The van der Waals surface area contributed by atoms with E-state index in [-0.39, 0.29) is 12.6 Å². The number of nitrogens with one attached hydrogen (secondary N) is 3. The van der Waals surface area contributed by atoms with Crippen LogP contribution in [0, 0.1) is 0 Å². The first kappa shape index (κ1) is 13.2. The fraction of sp³-hybridized carbons (Fsp3) is 0.625. The molecule has 15 heavy (non-hydrogen) atoms. The summed E-state index contributed by atoms with van der Waals surface area (Å²) in [6, 6.07) is -0.484. The summed E-state index contributed by atoms with van der Waals surface area (Å²) in [6.45, 7) is 2.87. The normalized spacial score (nSPS) is 9.53. The molecule has 0 radical (unpaired) electrons. The zero-order chi connectivity index (χ0) is 11.8. The summed E-state index contributed by atoms with van der Waals surface area (Å²) in [4.78, 5) is 32.0. The van der Waals surface area contributed by atoms with Gasteiger partial charge in [0.05, 0.1) is 6.54 Å². The van der Waals surface area contributed by atoms with Gasteiger partial charge in [0.25, 0.3) is 0 Å². The third kappa shape index (κ3) is 8.54. The number of aliphatic carboxylic acids is 1. The second-order valence-corrected chi connectivity index (χ2v) is 3.15. The number of hydrogen-bond donors (Lipinski definition) is 4. The van der Waals surface area contributed by atoms with Crippen molar-refractivity contribution in [2.75, 3.05) is 13.1 Å². The van der Waals surface area contributed by atoms with E-state index in [2.05, 4.69) is 16.0 Å². The molecule has 0 saturated carbocycles. The van der Waals surface area contributed by atoms with Crippen molar-refractivity contribution in [1.29, 1.82) is 0 Å². The average Bonchev–Trinajstić information content (AvgIpc) is 2.10. The molecule has 0 fully saturated rings. The number of carboxylic acids is 1. The number of rotatable bonds is 5. The standard InChI is InChI=1S/C8H15N3O4/c1-5(2)11-8(15)10-3-6(12)9-4-7(13)14/h5H,3-4H2,1-2H3,(H,9,12)(H,13,14)(H2,10,11,15). The van der Waals surface area contributed by atoms with E-state index < -0.39 is 24.5 Å². The van der Waals surface area contributed by atoms with Crippen molar-refractivity contribution in [3.63, 3.8) is 0 Å². The largest absolute Gasteiger partial charge is 0.480 e. The maximum atomic E-state index is 11.0. The van der Waals surface area contributed by atoms with Crippen LogP contribution in [-0.4, -0.2) is 42.1 Å². The molecular weight excluding hydrogens is 202 g/mol. The minimum Gasteiger partial charge on any atom is -0.480 e. The Morgan fingerprint density at radius 1 is 1.13 bits per heavy atom. The van der Waals surface area contributed by atoms with Crippen LogP contribution >= 0.6 is 0 Å². The minimum absolute atomic E-state index is 0.0212. The van der Waals surface area contributed by atoms with Crippen LogP contribution in [0.3, 0.4) is 0 Å². The van der Waals surface area contributed by atoms with Crippen molar-refractivity contribution in [1.82, 2.24) is 16.0 Å². The van der Waals surface area contributed by atoms with E-state index in [0.717, 1.165) is 0 Å². The molecule has 0 aromatic carbocycles. The zero-order valence-electron chi connectivity index (χ0n) is 8.66. The molecule has 0 unspecified atom stereocenters. The van der Waals surface area contributed by atoms with E-state index in [1.54, 1.807) is 13.8 Å². The van der Waals surface area contributed by atoms with Gasteiger partial charge in [-0.25, -0.2) is 4.79 Å². The molecule has 7 nitrogen and oxygen atoms in total. The monoisotopic (exact) mass is 217 g/mol. The van der Waals surface area contributed by atoms with Gasteiger partial charge in [-0.3, -0.25) is 9.59 Å². The molecule has 0 aliphatic heterocycles. The van der Waals surface area contributed by atoms with Gasteiger partial charge < -0.3 is 21.1 Å². The molecule has 0 atom stereocenters. The lowest BCUT2D eigenvalue weighted by molar-refractivity contribution is -0.137. The van der Waals surface area contributed by atoms with E-state index in [1.807, 2.05) is 0 Å². The number of carbonyl (C=O) groups is 3. The summed E-state index contributed by atoms with van der Waals surface area (Å²) in [5, 5.41) is 15.2. The Labute approximate surface area is 87.2 Å². The fourth-order valence-corrected chi connectivity index (χ4v) is 0.710. The summed E-state index contributed by atoms with van der Waals surface area (Å²) in [5.74, 6) is -1.67.